The van der Waals surface area contributed by atoms with Gasteiger partial charge >= 0.3 is 0 Å². The highest BCUT2D eigenvalue weighted by molar-refractivity contribution is 6.36. The number of piperazine rings is 2. The number of likely N-dealkylation sites (N-methyl/N-ethyl adjacent to an activating group) is 1. The number of Topliss-reactive ketones (excluding diaryl/α,β-unsaturated/α-hetero) is 1. The highest BCUT2D eigenvalue weighted by Crippen LogP contribution is 2.32. The first-order chi connectivity index (χ1) is 22.8. The monoisotopic (exact) mass is 678 g/mol. The fourth-order valence-electron chi connectivity index (χ4n) is 7.32. The van der Waals surface area contributed by atoms with Crippen molar-refractivity contribution in [1.29, 1.82) is 0 Å². The third-order valence-electron chi connectivity index (χ3n) is 10.3. The van der Waals surface area contributed by atoms with Crippen molar-refractivity contribution in [2.24, 2.45) is 0 Å². The van der Waals surface area contributed by atoms with E-state index in [1.165, 1.54) is 18.5 Å². The number of carbonyl (C=O) groups excluding carboxylic acids is 2. The van der Waals surface area contributed by atoms with Crippen LogP contribution in [0.1, 0.15) is 42.9 Å². The molecular formula is C37H48Cl2N6O2. The van der Waals surface area contributed by atoms with Crippen LogP contribution >= 0.6 is 23.2 Å². The van der Waals surface area contributed by atoms with E-state index in [1.807, 2.05) is 30.4 Å². The lowest BCUT2D eigenvalue weighted by molar-refractivity contribution is -0.131. The molecule has 4 aliphatic rings. The van der Waals surface area contributed by atoms with Crippen molar-refractivity contribution < 1.29 is 9.59 Å². The molecule has 0 bridgehead atoms. The molecule has 2 N–H and O–H groups in total. The number of ketones is 1. The van der Waals surface area contributed by atoms with Crippen LogP contribution in [-0.4, -0.2) is 104 Å². The third kappa shape index (κ3) is 8.12. The van der Waals surface area contributed by atoms with Crippen molar-refractivity contribution in [3.05, 3.63) is 86.9 Å². The van der Waals surface area contributed by atoms with Crippen molar-refractivity contribution in [3.63, 3.8) is 0 Å². The maximum atomic E-state index is 14.0. The normalized spacial score (nSPS) is 22.8. The minimum atomic E-state index is -0.849. The summed E-state index contributed by atoms with van der Waals surface area (Å²) in [6.45, 7) is 14.0. The minimum Gasteiger partial charge on any atom is -0.372 e. The molecule has 1 atom stereocenters. The predicted octanol–water partition coefficient (Wildman–Crippen LogP) is 4.69. The van der Waals surface area contributed by atoms with Gasteiger partial charge in [-0.15, -0.1) is 0 Å². The zero-order valence-electron chi connectivity index (χ0n) is 27.6. The van der Waals surface area contributed by atoms with Gasteiger partial charge in [-0.1, -0.05) is 60.5 Å². The number of anilines is 1. The topological polar surface area (TPSA) is 71.2 Å². The first kappa shape index (κ1) is 34.2. The summed E-state index contributed by atoms with van der Waals surface area (Å²) < 4.78 is 0. The molecule has 3 saturated heterocycles. The standard InChI is InChI=1S/C37H48Cl2N6O2/c1-2-42-18-20-43(21-19-42)27-29-23-33(38)32(34(39)24-29)25-35(46)30-8-10-37(11-9-30,45-16-12-40-13-17-45)36(47)41-26-28-6-5-7-31(22-28)44-14-3-4-15-44/h5-10,22-24,40H,2-4,11-21,25-27H2,1H3,(H,41,47). The first-order valence-corrected chi connectivity index (χ1v) is 18.0. The lowest BCUT2D eigenvalue weighted by Crippen LogP contribution is -2.62. The van der Waals surface area contributed by atoms with E-state index in [0.29, 0.717) is 34.1 Å². The molecule has 6 rings (SSSR count). The Kier molecular flexibility index (Phi) is 11.4. The molecule has 47 heavy (non-hydrogen) atoms. The number of nitrogens with one attached hydrogen (secondary N) is 2. The van der Waals surface area contributed by atoms with Crippen LogP contribution in [0.25, 0.3) is 0 Å². The molecule has 0 aromatic heterocycles. The Morgan fingerprint density at radius 1 is 0.894 bits per heavy atom. The highest BCUT2D eigenvalue weighted by atomic mass is 35.5. The smallest absolute Gasteiger partial charge is 0.245 e. The number of carbonyl (C=O) groups is 2. The van der Waals surface area contributed by atoms with Gasteiger partial charge in [0.25, 0.3) is 0 Å². The molecule has 1 aliphatic carbocycles. The van der Waals surface area contributed by atoms with Crippen molar-refractivity contribution in [2.75, 3.05) is 76.9 Å². The Labute approximate surface area is 289 Å². The fraction of sp³-hybridized carbons (Fsp3) is 0.514. The van der Waals surface area contributed by atoms with E-state index in [2.05, 4.69) is 61.4 Å². The van der Waals surface area contributed by atoms with Crippen molar-refractivity contribution >= 4 is 40.6 Å². The maximum Gasteiger partial charge on any atom is 0.245 e. The van der Waals surface area contributed by atoms with Crippen LogP contribution in [0.3, 0.4) is 0 Å². The Balaban J connectivity index is 1.11. The molecule has 1 unspecified atom stereocenters. The van der Waals surface area contributed by atoms with E-state index in [0.717, 1.165) is 89.7 Å². The largest absolute Gasteiger partial charge is 0.372 e. The second-order valence-corrected chi connectivity index (χ2v) is 14.1. The molecule has 0 saturated carbocycles. The number of allylic oxidation sites excluding steroid dienone is 2. The van der Waals surface area contributed by atoms with E-state index in [4.69, 9.17) is 23.2 Å². The van der Waals surface area contributed by atoms with Gasteiger partial charge in [0.15, 0.2) is 5.78 Å². The van der Waals surface area contributed by atoms with Gasteiger partial charge in [0.05, 0.1) is 0 Å². The molecule has 2 aromatic carbocycles. The van der Waals surface area contributed by atoms with Crippen LogP contribution in [0.2, 0.25) is 10.0 Å². The number of benzene rings is 2. The zero-order chi connectivity index (χ0) is 32.8. The van der Waals surface area contributed by atoms with Gasteiger partial charge < -0.3 is 20.4 Å². The van der Waals surface area contributed by atoms with Gasteiger partial charge in [-0.05, 0) is 66.8 Å². The summed E-state index contributed by atoms with van der Waals surface area (Å²) in [5.41, 5.74) is 3.76. The molecule has 0 radical (unpaired) electrons. The molecule has 3 aliphatic heterocycles. The summed E-state index contributed by atoms with van der Waals surface area (Å²) in [6, 6.07) is 12.4. The van der Waals surface area contributed by atoms with Gasteiger partial charge in [-0.2, -0.15) is 0 Å². The summed E-state index contributed by atoms with van der Waals surface area (Å²) in [5.74, 6) is -0.0932. The van der Waals surface area contributed by atoms with E-state index in [9.17, 15) is 9.59 Å². The molecule has 252 valence electrons. The molecule has 3 heterocycles. The Hall–Kier alpha value is -2.72. The number of nitrogens with zero attached hydrogens (tertiary/aromatic N) is 4. The summed E-state index contributed by atoms with van der Waals surface area (Å²) in [4.78, 5) is 37.1. The van der Waals surface area contributed by atoms with Crippen LogP contribution in [-0.2, 0) is 29.1 Å². The number of hydrogen-bond donors (Lipinski definition) is 2. The molecule has 3 fully saturated rings. The van der Waals surface area contributed by atoms with Crippen molar-refractivity contribution in [2.45, 2.75) is 51.2 Å². The second-order valence-electron chi connectivity index (χ2n) is 13.3. The van der Waals surface area contributed by atoms with Crippen LogP contribution in [0.4, 0.5) is 5.69 Å². The number of hydrogen-bond acceptors (Lipinski definition) is 7. The molecular weight excluding hydrogens is 631 g/mol. The van der Waals surface area contributed by atoms with Crippen LogP contribution in [0.15, 0.2) is 60.2 Å². The van der Waals surface area contributed by atoms with Gasteiger partial charge in [-0.25, -0.2) is 0 Å². The molecule has 0 spiro atoms. The average Bonchev–Trinajstić information content (AvgIpc) is 3.65. The third-order valence-corrected chi connectivity index (χ3v) is 10.9. The Bertz CT molecular complexity index is 1470. The summed E-state index contributed by atoms with van der Waals surface area (Å²) in [5, 5.41) is 7.68. The van der Waals surface area contributed by atoms with Crippen LogP contribution < -0.4 is 15.5 Å². The van der Waals surface area contributed by atoms with E-state index in [1.54, 1.807) is 0 Å². The van der Waals surface area contributed by atoms with Crippen molar-refractivity contribution in [1.82, 2.24) is 25.3 Å². The van der Waals surface area contributed by atoms with Gasteiger partial charge in [0, 0.05) is 106 Å². The number of halogens is 2. The SMILES string of the molecule is CCN1CCN(Cc2cc(Cl)c(CC(=O)C3=CCC(C(=O)NCc4cccc(N5CCCC5)c4)(N4CCNCC4)C=C3)c(Cl)c2)CC1. The Morgan fingerprint density at radius 2 is 1.60 bits per heavy atom. The summed E-state index contributed by atoms with van der Waals surface area (Å²) >= 11 is 13.5. The molecule has 10 heteroatoms. The molecule has 2 aromatic rings. The lowest BCUT2D eigenvalue weighted by atomic mass is 9.83. The van der Waals surface area contributed by atoms with E-state index < -0.39 is 5.54 Å². The van der Waals surface area contributed by atoms with Crippen LogP contribution in [0.5, 0.6) is 0 Å². The second kappa shape index (κ2) is 15.7. The summed E-state index contributed by atoms with van der Waals surface area (Å²) in [7, 11) is 0. The minimum absolute atomic E-state index is 0.0391. The van der Waals surface area contributed by atoms with Gasteiger partial charge in [0.2, 0.25) is 5.91 Å². The quantitative estimate of drug-likeness (QED) is 0.358. The van der Waals surface area contributed by atoms with E-state index in [-0.39, 0.29) is 18.1 Å². The number of rotatable bonds is 11. The Morgan fingerprint density at radius 3 is 2.26 bits per heavy atom. The van der Waals surface area contributed by atoms with Gasteiger partial charge in [0.1, 0.15) is 5.54 Å². The average molecular weight is 680 g/mol. The van der Waals surface area contributed by atoms with Crippen molar-refractivity contribution in [3.8, 4) is 0 Å². The molecule has 8 nitrogen and oxygen atoms in total. The highest BCUT2D eigenvalue weighted by Gasteiger charge is 2.43. The first-order valence-electron chi connectivity index (χ1n) is 17.3. The lowest BCUT2D eigenvalue weighted by Gasteiger charge is -2.43. The van der Waals surface area contributed by atoms with Crippen LogP contribution in [0, 0.1) is 0 Å². The summed E-state index contributed by atoms with van der Waals surface area (Å²) in [6.07, 6.45) is 8.67. The maximum absolute atomic E-state index is 14.0. The predicted molar refractivity (Wildman–Crippen MR) is 191 cm³/mol. The zero-order valence-corrected chi connectivity index (χ0v) is 29.1. The van der Waals surface area contributed by atoms with E-state index >= 15 is 0 Å². The molecule has 1 amide bonds. The fourth-order valence-corrected chi connectivity index (χ4v) is 7.99. The number of amides is 1. The van der Waals surface area contributed by atoms with Gasteiger partial charge in [-0.3, -0.25) is 19.4 Å².